The molecule has 1 aromatic rings. The molecule has 0 radical (unpaired) electrons. The third-order valence-electron chi connectivity index (χ3n) is 1.95. The second kappa shape index (κ2) is 3.36. The Balaban J connectivity index is 3.31. The van der Waals surface area contributed by atoms with Crippen molar-refractivity contribution >= 4 is 5.97 Å². The van der Waals surface area contributed by atoms with Gasteiger partial charge in [-0.1, -0.05) is 5.92 Å². The van der Waals surface area contributed by atoms with Crippen molar-refractivity contribution in [1.82, 2.24) is 4.57 Å². The first-order valence-corrected chi connectivity index (χ1v) is 3.91. The predicted octanol–water partition coefficient (Wildman–Crippen LogP) is 1.44. The summed E-state index contributed by atoms with van der Waals surface area (Å²) in [7, 11) is 0. The number of rotatable bonds is 2. The minimum Gasteiger partial charge on any atom is -0.477 e. The Morgan fingerprint density at radius 2 is 2.31 bits per heavy atom. The van der Waals surface area contributed by atoms with E-state index in [1.807, 2.05) is 13.0 Å². The molecule has 1 aromatic heterocycles. The zero-order chi connectivity index (χ0) is 10.0. The van der Waals surface area contributed by atoms with E-state index in [9.17, 15) is 4.79 Å². The van der Waals surface area contributed by atoms with Crippen molar-refractivity contribution in [3.63, 3.8) is 0 Å². The highest BCUT2D eigenvalue weighted by molar-refractivity contribution is 5.87. The monoisotopic (exact) mass is 177 g/mol. The number of aromatic carboxylic acids is 1. The Labute approximate surface area is 77.0 Å². The van der Waals surface area contributed by atoms with Crippen molar-refractivity contribution in [1.29, 1.82) is 0 Å². The molecule has 0 spiro atoms. The fourth-order valence-corrected chi connectivity index (χ4v) is 1.43. The van der Waals surface area contributed by atoms with Crippen LogP contribution in [0.15, 0.2) is 6.07 Å². The average Bonchev–Trinajstić information content (AvgIpc) is 2.27. The van der Waals surface area contributed by atoms with Gasteiger partial charge in [0.25, 0.3) is 0 Å². The van der Waals surface area contributed by atoms with Gasteiger partial charge in [0.1, 0.15) is 5.69 Å². The van der Waals surface area contributed by atoms with E-state index in [1.54, 1.807) is 11.5 Å². The minimum atomic E-state index is -0.930. The van der Waals surface area contributed by atoms with Crippen molar-refractivity contribution in [2.45, 2.75) is 20.4 Å². The van der Waals surface area contributed by atoms with Crippen LogP contribution in [0, 0.1) is 26.2 Å². The van der Waals surface area contributed by atoms with E-state index in [-0.39, 0.29) is 5.69 Å². The van der Waals surface area contributed by atoms with E-state index in [1.165, 1.54) is 0 Å². The molecule has 3 nitrogen and oxygen atoms in total. The summed E-state index contributed by atoms with van der Waals surface area (Å²) >= 11 is 0. The van der Waals surface area contributed by atoms with Gasteiger partial charge in [0.2, 0.25) is 0 Å². The van der Waals surface area contributed by atoms with Gasteiger partial charge in [-0.25, -0.2) is 4.79 Å². The fraction of sp³-hybridized carbons (Fsp3) is 0.300. The molecule has 0 saturated heterocycles. The van der Waals surface area contributed by atoms with E-state index in [0.29, 0.717) is 6.54 Å². The number of aromatic nitrogens is 1. The predicted molar refractivity (Wildman–Crippen MR) is 49.7 cm³/mol. The molecule has 0 saturated carbocycles. The van der Waals surface area contributed by atoms with E-state index < -0.39 is 5.97 Å². The molecule has 0 bridgehead atoms. The van der Waals surface area contributed by atoms with Gasteiger partial charge < -0.3 is 9.67 Å². The average molecular weight is 177 g/mol. The van der Waals surface area contributed by atoms with Gasteiger partial charge in [-0.3, -0.25) is 0 Å². The zero-order valence-electron chi connectivity index (χ0n) is 7.66. The van der Waals surface area contributed by atoms with Gasteiger partial charge in [-0.15, -0.1) is 6.42 Å². The number of terminal acetylenes is 1. The molecule has 68 valence electrons. The summed E-state index contributed by atoms with van der Waals surface area (Å²) < 4.78 is 1.62. The lowest BCUT2D eigenvalue weighted by Gasteiger charge is -2.04. The van der Waals surface area contributed by atoms with E-state index in [2.05, 4.69) is 5.92 Å². The Bertz CT molecular complexity index is 382. The highest BCUT2D eigenvalue weighted by Crippen LogP contribution is 2.14. The number of hydrogen-bond donors (Lipinski definition) is 1. The Hall–Kier alpha value is -1.69. The van der Waals surface area contributed by atoms with Crippen LogP contribution in [-0.4, -0.2) is 15.6 Å². The van der Waals surface area contributed by atoms with Crippen LogP contribution in [-0.2, 0) is 6.54 Å². The molecule has 0 aliphatic heterocycles. The summed E-state index contributed by atoms with van der Waals surface area (Å²) in [5.41, 5.74) is 1.92. The first-order valence-electron chi connectivity index (χ1n) is 3.91. The molecule has 3 heteroatoms. The molecular weight excluding hydrogens is 166 g/mol. The lowest BCUT2D eigenvalue weighted by Crippen LogP contribution is -2.10. The lowest BCUT2D eigenvalue weighted by atomic mass is 10.2. The number of hydrogen-bond acceptors (Lipinski definition) is 1. The second-order valence-corrected chi connectivity index (χ2v) is 2.91. The van der Waals surface area contributed by atoms with Crippen LogP contribution in [0.4, 0.5) is 0 Å². The summed E-state index contributed by atoms with van der Waals surface area (Å²) in [5.74, 6) is 1.50. The number of carboxylic acids is 1. The van der Waals surface area contributed by atoms with Crippen LogP contribution < -0.4 is 0 Å². The maximum atomic E-state index is 10.8. The van der Waals surface area contributed by atoms with Crippen molar-refractivity contribution in [3.05, 3.63) is 23.0 Å². The molecule has 13 heavy (non-hydrogen) atoms. The third-order valence-corrected chi connectivity index (χ3v) is 1.95. The topological polar surface area (TPSA) is 42.2 Å². The van der Waals surface area contributed by atoms with Crippen molar-refractivity contribution in [3.8, 4) is 12.3 Å². The summed E-state index contributed by atoms with van der Waals surface area (Å²) in [4.78, 5) is 10.8. The van der Waals surface area contributed by atoms with Crippen molar-refractivity contribution in [2.75, 3.05) is 0 Å². The molecule has 0 fully saturated rings. The van der Waals surface area contributed by atoms with Gasteiger partial charge in [0.05, 0.1) is 6.54 Å². The lowest BCUT2D eigenvalue weighted by molar-refractivity contribution is 0.0685. The molecule has 0 aliphatic rings. The molecule has 0 aromatic carbocycles. The SMILES string of the molecule is C#CCn1c(C)cc(C)c1C(=O)O. The van der Waals surface area contributed by atoms with Gasteiger partial charge in [-0.05, 0) is 25.5 Å². The molecule has 1 N–H and O–H groups in total. The number of nitrogens with zero attached hydrogens (tertiary/aromatic N) is 1. The van der Waals surface area contributed by atoms with Gasteiger partial charge in [0, 0.05) is 5.69 Å². The largest absolute Gasteiger partial charge is 0.477 e. The number of carboxylic acid groups (broad SMARTS) is 1. The van der Waals surface area contributed by atoms with Crippen LogP contribution in [0.25, 0.3) is 0 Å². The molecule has 0 unspecified atom stereocenters. The maximum absolute atomic E-state index is 10.8. The minimum absolute atomic E-state index is 0.287. The van der Waals surface area contributed by atoms with Crippen LogP contribution in [0.1, 0.15) is 21.7 Å². The molecule has 0 aliphatic carbocycles. The van der Waals surface area contributed by atoms with E-state index in [4.69, 9.17) is 11.5 Å². The summed E-state index contributed by atoms with van der Waals surface area (Å²) in [6.07, 6.45) is 5.14. The Kier molecular flexibility index (Phi) is 2.43. The van der Waals surface area contributed by atoms with Crippen molar-refractivity contribution < 1.29 is 9.90 Å². The van der Waals surface area contributed by atoms with Crippen LogP contribution in [0.5, 0.6) is 0 Å². The van der Waals surface area contributed by atoms with Crippen molar-refractivity contribution in [2.24, 2.45) is 0 Å². The molecule has 0 amide bonds. The van der Waals surface area contributed by atoms with Gasteiger partial charge in [0.15, 0.2) is 0 Å². The normalized spacial score (nSPS) is 9.62. The standard InChI is InChI=1S/C10H11NO2/c1-4-5-11-8(3)6-7(2)9(11)10(12)13/h1,6H,5H2,2-3H3,(H,12,13). The van der Waals surface area contributed by atoms with Gasteiger partial charge in [-0.2, -0.15) is 0 Å². The first kappa shape index (κ1) is 9.40. The van der Waals surface area contributed by atoms with E-state index >= 15 is 0 Å². The van der Waals surface area contributed by atoms with Crippen LogP contribution >= 0.6 is 0 Å². The Morgan fingerprint density at radius 3 is 2.77 bits per heavy atom. The summed E-state index contributed by atoms with van der Waals surface area (Å²) in [6, 6.07) is 1.82. The number of aryl methyl sites for hydroxylation is 2. The highest BCUT2D eigenvalue weighted by atomic mass is 16.4. The fourth-order valence-electron chi connectivity index (χ4n) is 1.43. The molecule has 0 atom stereocenters. The quantitative estimate of drug-likeness (QED) is 0.694. The highest BCUT2D eigenvalue weighted by Gasteiger charge is 2.14. The zero-order valence-corrected chi connectivity index (χ0v) is 7.66. The van der Waals surface area contributed by atoms with Crippen LogP contribution in [0.2, 0.25) is 0 Å². The van der Waals surface area contributed by atoms with Crippen LogP contribution in [0.3, 0.4) is 0 Å². The second-order valence-electron chi connectivity index (χ2n) is 2.91. The first-order chi connectivity index (χ1) is 6.07. The molecular formula is C10H11NO2. The maximum Gasteiger partial charge on any atom is 0.352 e. The van der Waals surface area contributed by atoms with E-state index in [0.717, 1.165) is 11.3 Å². The Morgan fingerprint density at radius 1 is 1.69 bits per heavy atom. The number of carbonyl (C=O) groups is 1. The smallest absolute Gasteiger partial charge is 0.352 e. The summed E-state index contributed by atoms with van der Waals surface area (Å²) in [6.45, 7) is 3.92. The molecule has 1 heterocycles. The summed E-state index contributed by atoms with van der Waals surface area (Å²) in [5, 5.41) is 8.90. The third kappa shape index (κ3) is 1.57. The molecule has 1 rings (SSSR count). The van der Waals surface area contributed by atoms with Gasteiger partial charge >= 0.3 is 5.97 Å².